The molecule has 146 valence electrons. The highest BCUT2D eigenvalue weighted by molar-refractivity contribution is 5.63. The molecule has 3 rings (SSSR count). The molecular formula is C24H29F3. The fourth-order valence-electron chi connectivity index (χ4n) is 4.26. The van der Waals surface area contributed by atoms with Crippen molar-refractivity contribution in [3.63, 3.8) is 0 Å². The molecule has 0 atom stereocenters. The predicted octanol–water partition coefficient (Wildman–Crippen LogP) is 7.70. The molecule has 0 aliphatic heterocycles. The van der Waals surface area contributed by atoms with Crippen LogP contribution in [-0.4, -0.2) is 0 Å². The topological polar surface area (TPSA) is 0 Å². The van der Waals surface area contributed by atoms with Crippen molar-refractivity contribution < 1.29 is 13.2 Å². The second-order valence-corrected chi connectivity index (χ2v) is 8.02. The first kappa shape index (κ1) is 20.0. The molecule has 2 aromatic rings. The lowest BCUT2D eigenvalue weighted by molar-refractivity contribution is 0.250. The Morgan fingerprint density at radius 1 is 0.778 bits per heavy atom. The highest BCUT2D eigenvalue weighted by atomic mass is 19.2. The summed E-state index contributed by atoms with van der Waals surface area (Å²) in [5.41, 5.74) is 2.31. The van der Waals surface area contributed by atoms with Crippen LogP contribution < -0.4 is 0 Å². The zero-order valence-corrected chi connectivity index (χ0v) is 16.1. The van der Waals surface area contributed by atoms with Gasteiger partial charge in [0.15, 0.2) is 17.5 Å². The molecule has 27 heavy (non-hydrogen) atoms. The number of hydrogen-bond acceptors (Lipinski definition) is 0. The Morgan fingerprint density at radius 2 is 1.33 bits per heavy atom. The number of halogens is 3. The van der Waals surface area contributed by atoms with Crippen LogP contribution in [0.4, 0.5) is 13.2 Å². The first-order valence-electron chi connectivity index (χ1n) is 10.3. The summed E-state index contributed by atoms with van der Waals surface area (Å²) in [5.74, 6) is -1.95. The van der Waals surface area contributed by atoms with Crippen LogP contribution in [0.15, 0.2) is 36.4 Å². The highest BCUT2D eigenvalue weighted by Gasteiger charge is 2.20. The molecule has 0 heterocycles. The average Bonchev–Trinajstić information content (AvgIpc) is 2.69. The molecule has 3 heteroatoms. The van der Waals surface area contributed by atoms with E-state index in [9.17, 15) is 13.2 Å². The maximum absolute atomic E-state index is 13.4. The molecule has 1 fully saturated rings. The van der Waals surface area contributed by atoms with Gasteiger partial charge in [-0.15, -0.1) is 0 Å². The van der Waals surface area contributed by atoms with Crippen LogP contribution in [0, 0.1) is 29.3 Å². The molecule has 0 bridgehead atoms. The van der Waals surface area contributed by atoms with Gasteiger partial charge in [-0.05, 0) is 53.5 Å². The Bertz CT molecular complexity index is 705. The zero-order valence-electron chi connectivity index (χ0n) is 16.1. The van der Waals surface area contributed by atoms with Gasteiger partial charge in [0.1, 0.15) is 0 Å². The average molecular weight is 374 g/mol. The largest absolute Gasteiger partial charge is 0.204 e. The molecule has 0 nitrogen and oxygen atoms in total. The lowest BCUT2D eigenvalue weighted by Gasteiger charge is -2.28. The van der Waals surface area contributed by atoms with E-state index in [1.807, 2.05) is 24.3 Å². The van der Waals surface area contributed by atoms with Crippen molar-refractivity contribution in [1.29, 1.82) is 0 Å². The van der Waals surface area contributed by atoms with Gasteiger partial charge in [0.25, 0.3) is 0 Å². The van der Waals surface area contributed by atoms with Crippen LogP contribution in [0.3, 0.4) is 0 Å². The first-order valence-corrected chi connectivity index (χ1v) is 10.3. The van der Waals surface area contributed by atoms with Crippen molar-refractivity contribution in [2.45, 2.75) is 64.7 Å². The van der Waals surface area contributed by atoms with E-state index in [1.165, 1.54) is 56.9 Å². The minimum atomic E-state index is -1.42. The van der Waals surface area contributed by atoms with E-state index in [0.717, 1.165) is 30.4 Å². The molecule has 0 radical (unpaired) electrons. The van der Waals surface area contributed by atoms with Gasteiger partial charge in [-0.2, -0.15) is 0 Å². The Kier molecular flexibility index (Phi) is 6.98. The minimum absolute atomic E-state index is 0.364. The van der Waals surface area contributed by atoms with Crippen molar-refractivity contribution >= 4 is 0 Å². The van der Waals surface area contributed by atoms with Gasteiger partial charge in [0.2, 0.25) is 0 Å². The van der Waals surface area contributed by atoms with Crippen LogP contribution in [0.1, 0.15) is 63.9 Å². The zero-order chi connectivity index (χ0) is 19.2. The van der Waals surface area contributed by atoms with Gasteiger partial charge >= 0.3 is 0 Å². The van der Waals surface area contributed by atoms with Crippen LogP contribution >= 0.6 is 0 Å². The number of aryl methyl sites for hydroxylation is 1. The van der Waals surface area contributed by atoms with Crippen molar-refractivity contribution in [3.05, 3.63) is 59.4 Å². The molecule has 0 saturated heterocycles. The van der Waals surface area contributed by atoms with E-state index in [-0.39, 0.29) is 0 Å². The van der Waals surface area contributed by atoms with Crippen molar-refractivity contribution in [1.82, 2.24) is 0 Å². The Balaban J connectivity index is 1.52. The Labute approximate surface area is 160 Å². The number of benzene rings is 2. The smallest absolute Gasteiger partial charge is 0.194 e. The van der Waals surface area contributed by atoms with Gasteiger partial charge in [-0.25, -0.2) is 13.2 Å². The Hall–Kier alpha value is -1.77. The lowest BCUT2D eigenvalue weighted by atomic mass is 9.78. The molecule has 0 spiro atoms. The van der Waals surface area contributed by atoms with Crippen LogP contribution in [0.5, 0.6) is 0 Å². The minimum Gasteiger partial charge on any atom is -0.204 e. The first-order chi connectivity index (χ1) is 13.1. The molecule has 1 aliphatic carbocycles. The summed E-state index contributed by atoms with van der Waals surface area (Å²) in [4.78, 5) is 0. The van der Waals surface area contributed by atoms with Gasteiger partial charge < -0.3 is 0 Å². The number of unbranched alkanes of at least 4 members (excludes halogenated alkanes) is 1. The third kappa shape index (κ3) is 5.37. The number of rotatable bonds is 7. The normalized spacial score (nSPS) is 20.0. The van der Waals surface area contributed by atoms with Crippen molar-refractivity contribution in [2.75, 3.05) is 0 Å². The molecular weight excluding hydrogens is 345 g/mol. The molecule has 1 saturated carbocycles. The molecule has 0 N–H and O–H groups in total. The molecule has 0 aromatic heterocycles. The van der Waals surface area contributed by atoms with Crippen LogP contribution in [0.25, 0.3) is 11.1 Å². The van der Waals surface area contributed by atoms with E-state index < -0.39 is 17.5 Å². The quantitative estimate of drug-likeness (QED) is 0.436. The fourth-order valence-corrected chi connectivity index (χ4v) is 4.26. The third-order valence-corrected chi connectivity index (χ3v) is 6.04. The van der Waals surface area contributed by atoms with Gasteiger partial charge in [-0.3, -0.25) is 0 Å². The molecule has 1 aliphatic rings. The Morgan fingerprint density at radius 3 is 1.89 bits per heavy atom. The van der Waals surface area contributed by atoms with Gasteiger partial charge in [0.05, 0.1) is 0 Å². The van der Waals surface area contributed by atoms with Crippen molar-refractivity contribution in [3.8, 4) is 11.1 Å². The second kappa shape index (κ2) is 9.43. The molecule has 0 unspecified atom stereocenters. The maximum atomic E-state index is 13.4. The highest BCUT2D eigenvalue weighted by Crippen LogP contribution is 2.34. The summed E-state index contributed by atoms with van der Waals surface area (Å²) in [6.07, 6.45) is 11.8. The SMILES string of the molecule is CCCCC1CCC(CCc2ccc(-c3cc(F)c(F)c(F)c3)cc2)CC1. The van der Waals surface area contributed by atoms with E-state index >= 15 is 0 Å². The summed E-state index contributed by atoms with van der Waals surface area (Å²) < 4.78 is 39.9. The molecule has 2 aromatic carbocycles. The van der Waals surface area contributed by atoms with Crippen LogP contribution in [-0.2, 0) is 6.42 Å². The monoisotopic (exact) mass is 374 g/mol. The van der Waals surface area contributed by atoms with Crippen molar-refractivity contribution in [2.24, 2.45) is 11.8 Å². The lowest BCUT2D eigenvalue weighted by Crippen LogP contribution is -2.15. The van der Waals surface area contributed by atoms with E-state index in [2.05, 4.69) is 6.92 Å². The van der Waals surface area contributed by atoms with E-state index in [0.29, 0.717) is 11.1 Å². The summed E-state index contributed by atoms with van der Waals surface area (Å²) in [5, 5.41) is 0. The number of hydrogen-bond donors (Lipinski definition) is 0. The standard InChI is InChI=1S/C24H29F3/c1-2-3-4-17-5-7-18(8-6-17)9-10-19-11-13-20(14-12-19)21-15-22(25)24(27)23(26)16-21/h11-18H,2-10H2,1H3. The van der Waals surface area contributed by atoms with Gasteiger partial charge in [0, 0.05) is 0 Å². The second-order valence-electron chi connectivity index (χ2n) is 8.02. The van der Waals surface area contributed by atoms with E-state index in [1.54, 1.807) is 0 Å². The summed E-state index contributed by atoms with van der Waals surface area (Å²) >= 11 is 0. The van der Waals surface area contributed by atoms with E-state index in [4.69, 9.17) is 0 Å². The maximum Gasteiger partial charge on any atom is 0.194 e. The predicted molar refractivity (Wildman–Crippen MR) is 105 cm³/mol. The summed E-state index contributed by atoms with van der Waals surface area (Å²) in [7, 11) is 0. The fraction of sp³-hybridized carbons (Fsp3) is 0.500. The summed E-state index contributed by atoms with van der Waals surface area (Å²) in [6.45, 7) is 2.26. The summed E-state index contributed by atoms with van der Waals surface area (Å²) in [6, 6.07) is 9.85. The molecule has 0 amide bonds. The van der Waals surface area contributed by atoms with Crippen LogP contribution in [0.2, 0.25) is 0 Å². The third-order valence-electron chi connectivity index (χ3n) is 6.04. The van der Waals surface area contributed by atoms with Gasteiger partial charge in [-0.1, -0.05) is 76.1 Å².